The lowest BCUT2D eigenvalue weighted by atomic mass is 10.1. The molecule has 0 spiro atoms. The molecule has 1 saturated heterocycles. The van der Waals surface area contributed by atoms with Crippen molar-refractivity contribution in [2.24, 2.45) is 11.7 Å². The number of hydrogen-bond donors (Lipinski definition) is 1. The van der Waals surface area contributed by atoms with Crippen LogP contribution in [0.2, 0.25) is 0 Å². The fraction of sp³-hybridized carbons (Fsp3) is 0.364. The first-order chi connectivity index (χ1) is 7.22. The summed E-state index contributed by atoms with van der Waals surface area (Å²) in [5.74, 6) is -0.423. The highest BCUT2D eigenvalue weighted by Gasteiger charge is 2.31. The van der Waals surface area contributed by atoms with E-state index in [2.05, 4.69) is 0 Å². The second-order valence-electron chi connectivity index (χ2n) is 3.69. The number of amides is 1. The number of benzene rings is 1. The molecule has 3 nitrogen and oxygen atoms in total. The highest BCUT2D eigenvalue weighted by molar-refractivity contribution is 5.97. The fourth-order valence-electron chi connectivity index (χ4n) is 1.86. The van der Waals surface area contributed by atoms with Crippen molar-refractivity contribution < 1.29 is 9.18 Å². The maximum absolute atomic E-state index is 13.0. The van der Waals surface area contributed by atoms with E-state index in [9.17, 15) is 9.18 Å². The van der Waals surface area contributed by atoms with E-state index >= 15 is 0 Å². The number of carbonyl (C=O) groups excluding carboxylic acids is 1. The van der Waals surface area contributed by atoms with E-state index in [0.29, 0.717) is 18.8 Å². The normalized spacial score (nSPS) is 21.1. The summed E-state index contributed by atoms with van der Waals surface area (Å²) in [6, 6.07) is 6.08. The third-order valence-corrected chi connectivity index (χ3v) is 2.72. The van der Waals surface area contributed by atoms with E-state index in [1.807, 2.05) is 0 Å². The number of carbonyl (C=O) groups is 1. The van der Waals surface area contributed by atoms with Crippen LogP contribution in [-0.4, -0.2) is 19.0 Å². The van der Waals surface area contributed by atoms with Gasteiger partial charge in [0.1, 0.15) is 5.82 Å². The zero-order valence-corrected chi connectivity index (χ0v) is 8.32. The highest BCUT2D eigenvalue weighted by Crippen LogP contribution is 2.24. The van der Waals surface area contributed by atoms with Crippen LogP contribution in [0.1, 0.15) is 6.42 Å². The molecule has 1 atom stereocenters. The molecule has 2 N–H and O–H groups in total. The molecule has 1 unspecified atom stereocenters. The number of hydrogen-bond acceptors (Lipinski definition) is 2. The van der Waals surface area contributed by atoms with Crippen molar-refractivity contribution >= 4 is 11.6 Å². The van der Waals surface area contributed by atoms with Gasteiger partial charge in [-0.1, -0.05) is 6.07 Å². The molecule has 0 aliphatic carbocycles. The predicted molar refractivity (Wildman–Crippen MR) is 55.9 cm³/mol. The highest BCUT2D eigenvalue weighted by atomic mass is 19.1. The zero-order chi connectivity index (χ0) is 10.8. The Morgan fingerprint density at radius 2 is 2.33 bits per heavy atom. The van der Waals surface area contributed by atoms with Gasteiger partial charge in [0.25, 0.3) is 0 Å². The topological polar surface area (TPSA) is 46.3 Å². The van der Waals surface area contributed by atoms with Crippen LogP contribution in [0.4, 0.5) is 10.1 Å². The zero-order valence-electron chi connectivity index (χ0n) is 8.32. The number of halogens is 1. The van der Waals surface area contributed by atoms with Crippen LogP contribution in [-0.2, 0) is 4.79 Å². The first-order valence-corrected chi connectivity index (χ1v) is 4.99. The Kier molecular flexibility index (Phi) is 2.68. The third-order valence-electron chi connectivity index (χ3n) is 2.72. The molecule has 1 fully saturated rings. The van der Waals surface area contributed by atoms with Gasteiger partial charge >= 0.3 is 0 Å². The van der Waals surface area contributed by atoms with Gasteiger partial charge in [-0.15, -0.1) is 0 Å². The number of rotatable bonds is 2. The molecular formula is C11H13FN2O. The molecule has 0 saturated carbocycles. The summed E-state index contributed by atoms with van der Waals surface area (Å²) >= 11 is 0. The molecule has 0 bridgehead atoms. The van der Waals surface area contributed by atoms with E-state index in [1.165, 1.54) is 12.1 Å². The molecule has 15 heavy (non-hydrogen) atoms. The standard InChI is InChI=1S/C11H13FN2O/c12-9-2-1-3-10(6-9)14-5-4-8(7-13)11(14)15/h1-3,6,8H,4-5,7,13H2. The summed E-state index contributed by atoms with van der Waals surface area (Å²) in [4.78, 5) is 13.4. The number of anilines is 1. The molecule has 1 amide bonds. The van der Waals surface area contributed by atoms with Gasteiger partial charge in [0.05, 0.1) is 5.92 Å². The Labute approximate surface area is 87.7 Å². The minimum Gasteiger partial charge on any atom is -0.330 e. The maximum Gasteiger partial charge on any atom is 0.231 e. The van der Waals surface area contributed by atoms with Gasteiger partial charge in [0.15, 0.2) is 0 Å². The minimum absolute atomic E-state index is 0.00287. The van der Waals surface area contributed by atoms with Crippen molar-refractivity contribution in [3.63, 3.8) is 0 Å². The second kappa shape index (κ2) is 3.98. The molecular weight excluding hydrogens is 195 g/mol. The lowest BCUT2D eigenvalue weighted by Crippen LogP contribution is -2.29. The molecule has 1 aromatic rings. The predicted octanol–water partition coefficient (Wildman–Crippen LogP) is 1.14. The van der Waals surface area contributed by atoms with Gasteiger partial charge in [-0.05, 0) is 24.6 Å². The van der Waals surface area contributed by atoms with Crippen LogP contribution >= 0.6 is 0 Å². The molecule has 1 aliphatic rings. The van der Waals surface area contributed by atoms with Crippen LogP contribution in [0.3, 0.4) is 0 Å². The molecule has 1 aromatic carbocycles. The summed E-state index contributed by atoms with van der Waals surface area (Å²) in [7, 11) is 0. The van der Waals surface area contributed by atoms with E-state index in [1.54, 1.807) is 17.0 Å². The Hall–Kier alpha value is -1.42. The van der Waals surface area contributed by atoms with Crippen molar-refractivity contribution in [3.05, 3.63) is 30.1 Å². The van der Waals surface area contributed by atoms with Crippen molar-refractivity contribution in [1.82, 2.24) is 0 Å². The second-order valence-corrected chi connectivity index (χ2v) is 3.69. The van der Waals surface area contributed by atoms with Crippen molar-refractivity contribution in [2.75, 3.05) is 18.0 Å². The van der Waals surface area contributed by atoms with E-state index < -0.39 is 0 Å². The lowest BCUT2D eigenvalue weighted by Gasteiger charge is -2.16. The smallest absolute Gasteiger partial charge is 0.231 e. The molecule has 80 valence electrons. The van der Waals surface area contributed by atoms with Crippen LogP contribution < -0.4 is 10.6 Å². The quantitative estimate of drug-likeness (QED) is 0.792. The first-order valence-electron chi connectivity index (χ1n) is 4.99. The summed E-state index contributed by atoms with van der Waals surface area (Å²) in [6.45, 7) is 0.995. The van der Waals surface area contributed by atoms with E-state index in [4.69, 9.17) is 5.73 Å². The fourth-order valence-corrected chi connectivity index (χ4v) is 1.86. The Bertz CT molecular complexity index is 381. The van der Waals surface area contributed by atoms with Gasteiger partial charge < -0.3 is 10.6 Å². The number of nitrogens with zero attached hydrogens (tertiary/aromatic N) is 1. The molecule has 1 aliphatic heterocycles. The summed E-state index contributed by atoms with van der Waals surface area (Å²) < 4.78 is 13.0. The van der Waals surface area contributed by atoms with Crippen molar-refractivity contribution in [2.45, 2.75) is 6.42 Å². The average molecular weight is 208 g/mol. The molecule has 0 radical (unpaired) electrons. The molecule has 2 rings (SSSR count). The molecule has 1 heterocycles. The summed E-state index contributed by atoms with van der Waals surface area (Å²) in [5, 5.41) is 0. The van der Waals surface area contributed by atoms with E-state index in [-0.39, 0.29) is 17.6 Å². The van der Waals surface area contributed by atoms with Gasteiger partial charge in [-0.2, -0.15) is 0 Å². The van der Waals surface area contributed by atoms with Gasteiger partial charge in [0.2, 0.25) is 5.91 Å². The summed E-state index contributed by atoms with van der Waals surface area (Å²) in [6.07, 6.45) is 0.756. The SMILES string of the molecule is NCC1CCN(c2cccc(F)c2)C1=O. The maximum atomic E-state index is 13.0. The third kappa shape index (κ3) is 1.85. The van der Waals surface area contributed by atoms with Crippen LogP contribution in [0.15, 0.2) is 24.3 Å². The largest absolute Gasteiger partial charge is 0.330 e. The van der Waals surface area contributed by atoms with Crippen molar-refractivity contribution in [3.8, 4) is 0 Å². The Morgan fingerprint density at radius 3 is 2.93 bits per heavy atom. The Morgan fingerprint density at radius 1 is 1.53 bits per heavy atom. The van der Waals surface area contributed by atoms with Gasteiger partial charge in [-0.3, -0.25) is 4.79 Å². The monoisotopic (exact) mass is 208 g/mol. The number of nitrogens with two attached hydrogens (primary N) is 1. The summed E-state index contributed by atoms with van der Waals surface area (Å²) in [5.41, 5.74) is 6.09. The van der Waals surface area contributed by atoms with Crippen LogP contribution in [0, 0.1) is 11.7 Å². The Balaban J connectivity index is 2.22. The van der Waals surface area contributed by atoms with Crippen molar-refractivity contribution in [1.29, 1.82) is 0 Å². The van der Waals surface area contributed by atoms with Crippen LogP contribution in [0.5, 0.6) is 0 Å². The molecule has 0 aromatic heterocycles. The lowest BCUT2D eigenvalue weighted by molar-refractivity contribution is -0.120. The molecule has 4 heteroatoms. The first kappa shape index (κ1) is 10.1. The average Bonchev–Trinajstić information content (AvgIpc) is 2.59. The van der Waals surface area contributed by atoms with Crippen LogP contribution in [0.25, 0.3) is 0 Å². The van der Waals surface area contributed by atoms with E-state index in [0.717, 1.165) is 6.42 Å². The van der Waals surface area contributed by atoms with Gasteiger partial charge in [0, 0.05) is 18.8 Å². The minimum atomic E-state index is -0.323. The van der Waals surface area contributed by atoms with Gasteiger partial charge in [-0.25, -0.2) is 4.39 Å².